The maximum absolute atomic E-state index is 12.7. The number of nitrogens with one attached hydrogen (secondary N) is 2. The lowest BCUT2D eigenvalue weighted by molar-refractivity contribution is -0.120. The Morgan fingerprint density at radius 1 is 0.903 bits per heavy atom. The van der Waals surface area contributed by atoms with E-state index in [9.17, 15) is 9.59 Å². The molecule has 0 atom stereocenters. The average Bonchev–Trinajstić information content (AvgIpc) is 2.82. The molecule has 1 fully saturated rings. The fraction of sp³-hybridized carbons (Fsp3) is 0.269. The van der Waals surface area contributed by atoms with E-state index in [0.717, 1.165) is 47.7 Å². The molecule has 158 valence electrons. The highest BCUT2D eigenvalue weighted by Gasteiger charge is 2.21. The minimum Gasteiger partial charge on any atom is -0.326 e. The van der Waals surface area contributed by atoms with E-state index in [-0.39, 0.29) is 17.7 Å². The zero-order chi connectivity index (χ0) is 21.6. The zero-order valence-corrected chi connectivity index (χ0v) is 17.7. The molecule has 2 amide bonds. The number of amides is 2. The van der Waals surface area contributed by atoms with Crippen LogP contribution in [0.25, 0.3) is 10.8 Å². The first-order chi connectivity index (χ1) is 15.1. The molecule has 0 spiro atoms. The predicted octanol–water partition coefficient (Wildman–Crippen LogP) is 5.51. The minimum atomic E-state index is -0.252. The van der Waals surface area contributed by atoms with Gasteiger partial charge in [0.05, 0.1) is 5.71 Å². The summed E-state index contributed by atoms with van der Waals surface area (Å²) < 4.78 is 0. The first-order valence-corrected chi connectivity index (χ1v) is 10.9. The molecule has 3 aromatic carbocycles. The van der Waals surface area contributed by atoms with E-state index in [1.807, 2.05) is 67.6 Å². The lowest BCUT2D eigenvalue weighted by Gasteiger charge is -2.20. The lowest BCUT2D eigenvalue weighted by atomic mass is 9.88. The van der Waals surface area contributed by atoms with Crippen LogP contribution in [0.4, 0.5) is 5.69 Å². The van der Waals surface area contributed by atoms with Crippen LogP contribution in [0.5, 0.6) is 0 Å². The van der Waals surface area contributed by atoms with Gasteiger partial charge in [0.1, 0.15) is 0 Å². The van der Waals surface area contributed by atoms with Gasteiger partial charge in [0, 0.05) is 17.2 Å². The number of anilines is 1. The summed E-state index contributed by atoms with van der Waals surface area (Å²) in [6.45, 7) is 1.84. The van der Waals surface area contributed by atoms with Crippen LogP contribution in [0, 0.1) is 5.92 Å². The van der Waals surface area contributed by atoms with Gasteiger partial charge in [0.2, 0.25) is 5.91 Å². The Labute approximate surface area is 182 Å². The van der Waals surface area contributed by atoms with Crippen LogP contribution in [0.3, 0.4) is 0 Å². The smallest absolute Gasteiger partial charge is 0.272 e. The number of fused-ring (bicyclic) bond motifs is 1. The van der Waals surface area contributed by atoms with Crippen molar-refractivity contribution in [1.82, 2.24) is 5.43 Å². The first kappa shape index (κ1) is 20.8. The molecule has 0 bridgehead atoms. The summed E-state index contributed by atoms with van der Waals surface area (Å²) in [6.07, 6.45) is 5.40. The second-order valence-corrected chi connectivity index (χ2v) is 8.07. The van der Waals surface area contributed by atoms with Gasteiger partial charge in [-0.05, 0) is 54.3 Å². The molecule has 5 nitrogen and oxygen atoms in total. The molecular weight excluding hydrogens is 386 g/mol. The Balaban J connectivity index is 1.45. The van der Waals surface area contributed by atoms with Crippen molar-refractivity contribution < 1.29 is 9.59 Å². The van der Waals surface area contributed by atoms with Crippen LogP contribution in [0.2, 0.25) is 0 Å². The maximum Gasteiger partial charge on any atom is 0.272 e. The largest absolute Gasteiger partial charge is 0.326 e. The number of carbonyl (C=O) groups is 2. The number of hydrogen-bond donors (Lipinski definition) is 2. The molecule has 31 heavy (non-hydrogen) atoms. The van der Waals surface area contributed by atoms with Gasteiger partial charge in [-0.15, -0.1) is 0 Å². The molecule has 4 rings (SSSR count). The number of rotatable bonds is 5. The van der Waals surface area contributed by atoms with Crippen molar-refractivity contribution in [3.05, 3.63) is 77.9 Å². The fourth-order valence-corrected chi connectivity index (χ4v) is 4.11. The number of hydrazone groups is 1. The van der Waals surface area contributed by atoms with Crippen molar-refractivity contribution in [1.29, 1.82) is 0 Å². The summed E-state index contributed by atoms with van der Waals surface area (Å²) >= 11 is 0. The van der Waals surface area contributed by atoms with Crippen LogP contribution in [0.1, 0.15) is 54.9 Å². The number of carbonyl (C=O) groups excluding carboxylic acids is 2. The second-order valence-electron chi connectivity index (χ2n) is 8.07. The van der Waals surface area contributed by atoms with Crippen molar-refractivity contribution in [3.63, 3.8) is 0 Å². The Kier molecular flexibility index (Phi) is 6.41. The second kappa shape index (κ2) is 9.56. The predicted molar refractivity (Wildman–Crippen MR) is 125 cm³/mol. The molecule has 2 N–H and O–H groups in total. The van der Waals surface area contributed by atoms with Gasteiger partial charge in [-0.3, -0.25) is 9.59 Å². The third kappa shape index (κ3) is 5.00. The number of benzene rings is 3. The first-order valence-electron chi connectivity index (χ1n) is 10.9. The van der Waals surface area contributed by atoms with Crippen LogP contribution in [0.15, 0.2) is 71.8 Å². The van der Waals surface area contributed by atoms with Crippen LogP contribution < -0.4 is 10.7 Å². The van der Waals surface area contributed by atoms with E-state index < -0.39 is 0 Å². The van der Waals surface area contributed by atoms with E-state index in [1.54, 1.807) is 6.07 Å². The molecule has 0 aliphatic heterocycles. The molecule has 1 saturated carbocycles. The SMILES string of the molecule is C/C(=N/NC(=O)c1cccc2ccccc12)c1cccc(NC(=O)C2CCCCC2)c1. The topological polar surface area (TPSA) is 70.6 Å². The van der Waals surface area contributed by atoms with Crippen molar-refractivity contribution >= 4 is 34.0 Å². The third-order valence-corrected chi connectivity index (χ3v) is 5.88. The molecule has 0 aromatic heterocycles. The normalized spacial score (nSPS) is 14.9. The van der Waals surface area contributed by atoms with Gasteiger partial charge in [0.15, 0.2) is 0 Å². The molecule has 0 unspecified atom stereocenters. The van der Waals surface area contributed by atoms with Crippen LogP contribution in [-0.2, 0) is 4.79 Å². The average molecular weight is 414 g/mol. The molecule has 3 aromatic rings. The maximum atomic E-state index is 12.7. The molecule has 0 radical (unpaired) electrons. The molecule has 0 heterocycles. The van der Waals surface area contributed by atoms with E-state index in [2.05, 4.69) is 15.8 Å². The highest BCUT2D eigenvalue weighted by molar-refractivity contribution is 6.08. The Hall–Kier alpha value is -3.47. The van der Waals surface area contributed by atoms with Gasteiger partial charge in [-0.25, -0.2) is 5.43 Å². The van der Waals surface area contributed by atoms with Crippen molar-refractivity contribution in [2.24, 2.45) is 11.0 Å². The van der Waals surface area contributed by atoms with E-state index in [4.69, 9.17) is 0 Å². The highest BCUT2D eigenvalue weighted by atomic mass is 16.2. The van der Waals surface area contributed by atoms with Gasteiger partial charge in [-0.2, -0.15) is 5.10 Å². The van der Waals surface area contributed by atoms with Gasteiger partial charge >= 0.3 is 0 Å². The Morgan fingerprint density at radius 3 is 2.48 bits per heavy atom. The van der Waals surface area contributed by atoms with Crippen molar-refractivity contribution in [3.8, 4) is 0 Å². The van der Waals surface area contributed by atoms with E-state index in [0.29, 0.717) is 11.3 Å². The summed E-state index contributed by atoms with van der Waals surface area (Å²) in [5.74, 6) is -0.0549. The lowest BCUT2D eigenvalue weighted by Crippen LogP contribution is -2.24. The van der Waals surface area contributed by atoms with E-state index >= 15 is 0 Å². The minimum absolute atomic E-state index is 0.0932. The quantitative estimate of drug-likeness (QED) is 0.427. The van der Waals surface area contributed by atoms with E-state index in [1.165, 1.54) is 6.42 Å². The summed E-state index contributed by atoms with van der Waals surface area (Å²) in [4.78, 5) is 25.2. The van der Waals surface area contributed by atoms with Gasteiger partial charge < -0.3 is 5.32 Å². The number of hydrogen-bond acceptors (Lipinski definition) is 3. The monoisotopic (exact) mass is 413 g/mol. The Morgan fingerprint density at radius 2 is 1.65 bits per heavy atom. The van der Waals surface area contributed by atoms with Gasteiger partial charge in [-0.1, -0.05) is 67.8 Å². The summed E-state index contributed by atoms with van der Waals surface area (Å²) in [5.41, 5.74) is 5.52. The molecule has 1 aliphatic rings. The molecule has 1 aliphatic carbocycles. The summed E-state index contributed by atoms with van der Waals surface area (Å²) in [7, 11) is 0. The summed E-state index contributed by atoms with van der Waals surface area (Å²) in [5, 5.41) is 9.23. The van der Waals surface area contributed by atoms with Crippen molar-refractivity contribution in [2.75, 3.05) is 5.32 Å². The fourth-order valence-electron chi connectivity index (χ4n) is 4.11. The molecular formula is C26H27N3O2. The van der Waals surface area contributed by atoms with Crippen LogP contribution >= 0.6 is 0 Å². The molecule has 5 heteroatoms. The highest BCUT2D eigenvalue weighted by Crippen LogP contribution is 2.25. The van der Waals surface area contributed by atoms with Crippen molar-refractivity contribution in [2.45, 2.75) is 39.0 Å². The molecule has 0 saturated heterocycles. The zero-order valence-electron chi connectivity index (χ0n) is 17.7. The summed E-state index contributed by atoms with van der Waals surface area (Å²) in [6, 6.07) is 21.0. The Bertz CT molecular complexity index is 1120. The van der Waals surface area contributed by atoms with Crippen LogP contribution in [-0.4, -0.2) is 17.5 Å². The standard InChI is InChI=1S/C26H27N3O2/c1-18(28-29-26(31)24-16-8-12-19-9-5-6-15-23(19)24)21-13-7-14-22(17-21)27-25(30)20-10-3-2-4-11-20/h5-9,12-17,20H,2-4,10-11H2,1H3,(H,27,30)(H,29,31)/b28-18-. The third-order valence-electron chi connectivity index (χ3n) is 5.88. The number of nitrogens with zero attached hydrogens (tertiary/aromatic N) is 1. The van der Waals surface area contributed by atoms with Gasteiger partial charge in [0.25, 0.3) is 5.91 Å².